The highest BCUT2D eigenvalue weighted by atomic mass is 19.3. The zero-order valence-electron chi connectivity index (χ0n) is 12.5. The van der Waals surface area contributed by atoms with Gasteiger partial charge >= 0.3 is 5.97 Å². The summed E-state index contributed by atoms with van der Waals surface area (Å²) in [6, 6.07) is 0.131. The van der Waals surface area contributed by atoms with Crippen LogP contribution in [0.2, 0.25) is 0 Å². The molecule has 5 nitrogen and oxygen atoms in total. The second kappa shape index (κ2) is 7.31. The van der Waals surface area contributed by atoms with E-state index in [4.69, 9.17) is 9.47 Å². The van der Waals surface area contributed by atoms with Crippen LogP contribution in [0.4, 0.5) is 8.78 Å². The number of nitrogens with one attached hydrogen (secondary N) is 1. The summed E-state index contributed by atoms with van der Waals surface area (Å²) in [7, 11) is 1.42. The topological polar surface area (TPSA) is 60.5 Å². The maximum atomic E-state index is 13.1. The van der Waals surface area contributed by atoms with Gasteiger partial charge in [-0.3, -0.25) is 15.1 Å². The third-order valence-corrected chi connectivity index (χ3v) is 2.47. The number of esters is 1. The average Bonchev–Trinajstić information content (AvgIpc) is 2.36. The highest BCUT2D eigenvalue weighted by Gasteiger charge is 2.25. The zero-order chi connectivity index (χ0) is 16.0. The monoisotopic (exact) mass is 302 g/mol. The fourth-order valence-corrected chi connectivity index (χ4v) is 1.64. The van der Waals surface area contributed by atoms with Crippen molar-refractivity contribution in [1.29, 1.82) is 0 Å². The van der Waals surface area contributed by atoms with E-state index in [1.165, 1.54) is 25.6 Å². The fraction of sp³-hybridized carbons (Fsp3) is 0.571. The number of methoxy groups -OCH3 is 1. The number of aromatic nitrogens is 1. The minimum absolute atomic E-state index is 0.243. The lowest BCUT2D eigenvalue weighted by Gasteiger charge is -2.22. The highest BCUT2D eigenvalue weighted by Crippen LogP contribution is 2.23. The van der Waals surface area contributed by atoms with Crippen molar-refractivity contribution in [2.45, 2.75) is 38.8 Å². The van der Waals surface area contributed by atoms with E-state index in [-0.39, 0.29) is 12.1 Å². The van der Waals surface area contributed by atoms with Gasteiger partial charge in [0.25, 0.3) is 6.43 Å². The van der Waals surface area contributed by atoms with E-state index in [2.05, 4.69) is 10.3 Å². The van der Waals surface area contributed by atoms with Crippen molar-refractivity contribution in [1.82, 2.24) is 10.3 Å². The molecule has 0 radical (unpaired) electrons. The van der Waals surface area contributed by atoms with E-state index in [9.17, 15) is 13.6 Å². The lowest BCUT2D eigenvalue weighted by molar-refractivity contribution is -0.153. The van der Waals surface area contributed by atoms with E-state index < -0.39 is 24.0 Å². The van der Waals surface area contributed by atoms with Crippen LogP contribution in [0, 0.1) is 0 Å². The molecule has 0 aliphatic rings. The summed E-state index contributed by atoms with van der Waals surface area (Å²) >= 11 is 0. The third kappa shape index (κ3) is 6.03. The van der Waals surface area contributed by atoms with Crippen molar-refractivity contribution in [3.63, 3.8) is 0 Å². The molecule has 0 saturated heterocycles. The van der Waals surface area contributed by atoms with E-state index in [0.717, 1.165) is 0 Å². The van der Waals surface area contributed by atoms with Crippen LogP contribution in [0.1, 0.15) is 32.4 Å². The molecule has 0 aliphatic carbocycles. The van der Waals surface area contributed by atoms with Gasteiger partial charge in [0.2, 0.25) is 0 Å². The van der Waals surface area contributed by atoms with Crippen LogP contribution in [0.25, 0.3) is 0 Å². The van der Waals surface area contributed by atoms with Crippen LogP contribution in [-0.2, 0) is 9.53 Å². The Morgan fingerprint density at radius 1 is 1.38 bits per heavy atom. The van der Waals surface area contributed by atoms with Crippen molar-refractivity contribution in [3.05, 3.63) is 24.0 Å². The Kier molecular flexibility index (Phi) is 6.02. The molecule has 0 aromatic carbocycles. The Hall–Kier alpha value is -1.76. The summed E-state index contributed by atoms with van der Waals surface area (Å²) < 4.78 is 36.3. The number of pyridine rings is 1. The van der Waals surface area contributed by atoms with Crippen molar-refractivity contribution < 1.29 is 23.0 Å². The average molecular weight is 302 g/mol. The summed E-state index contributed by atoms with van der Waals surface area (Å²) in [5.74, 6) is -0.221. The summed E-state index contributed by atoms with van der Waals surface area (Å²) in [6.45, 7) is 4.81. The van der Waals surface area contributed by atoms with Gasteiger partial charge < -0.3 is 9.47 Å². The first-order valence-corrected chi connectivity index (χ1v) is 6.45. The molecule has 0 spiro atoms. The number of carbonyl (C=O) groups excluding carboxylic acids is 1. The third-order valence-electron chi connectivity index (χ3n) is 2.47. The molecule has 0 saturated carbocycles. The molecular weight excluding hydrogens is 282 g/mol. The van der Waals surface area contributed by atoms with Crippen molar-refractivity contribution >= 4 is 5.97 Å². The number of nitrogens with zero attached hydrogens (tertiary/aromatic N) is 1. The molecule has 0 aliphatic heterocycles. The number of rotatable bonds is 6. The molecule has 1 aromatic heterocycles. The number of hydrogen-bond donors (Lipinski definition) is 1. The Bertz CT molecular complexity index is 476. The number of halogens is 2. The summed E-state index contributed by atoms with van der Waals surface area (Å²) in [4.78, 5) is 15.4. The van der Waals surface area contributed by atoms with Crippen LogP contribution < -0.4 is 10.1 Å². The standard InChI is InChI=1S/C14H20F2N2O3/c1-14(2,3)21-11(19)8-18-12(13(15)16)9-5-10(20-4)7-17-6-9/h5-7,12-13,18H,8H2,1-4H3. The minimum Gasteiger partial charge on any atom is -0.495 e. The molecule has 7 heteroatoms. The first-order chi connectivity index (χ1) is 9.73. The van der Waals surface area contributed by atoms with Crippen LogP contribution in [0.15, 0.2) is 18.5 Å². The van der Waals surface area contributed by atoms with E-state index in [1.807, 2.05) is 0 Å². The van der Waals surface area contributed by atoms with Gasteiger partial charge in [-0.2, -0.15) is 0 Å². The fourth-order valence-electron chi connectivity index (χ4n) is 1.64. The predicted octanol–water partition coefficient (Wildman–Crippen LogP) is 2.33. The summed E-state index contributed by atoms with van der Waals surface area (Å²) in [5.41, 5.74) is -0.413. The Balaban J connectivity index is 2.72. The Morgan fingerprint density at radius 2 is 2.05 bits per heavy atom. The van der Waals surface area contributed by atoms with Gasteiger partial charge in [-0.25, -0.2) is 8.78 Å². The zero-order valence-corrected chi connectivity index (χ0v) is 12.5. The second-order valence-corrected chi connectivity index (χ2v) is 5.44. The molecule has 1 aromatic rings. The van der Waals surface area contributed by atoms with Crippen molar-refractivity contribution in [2.24, 2.45) is 0 Å². The maximum Gasteiger partial charge on any atom is 0.320 e. The molecule has 0 amide bonds. The minimum atomic E-state index is -2.69. The SMILES string of the molecule is COc1cncc(C(NCC(=O)OC(C)(C)C)C(F)F)c1. The first-order valence-electron chi connectivity index (χ1n) is 6.45. The van der Waals surface area contributed by atoms with Crippen molar-refractivity contribution in [2.75, 3.05) is 13.7 Å². The van der Waals surface area contributed by atoms with Gasteiger partial charge in [0.15, 0.2) is 0 Å². The van der Waals surface area contributed by atoms with Gasteiger partial charge in [-0.05, 0) is 32.4 Å². The number of alkyl halides is 2. The smallest absolute Gasteiger partial charge is 0.320 e. The molecule has 0 bridgehead atoms. The van der Waals surface area contributed by atoms with E-state index >= 15 is 0 Å². The number of carbonyl (C=O) groups is 1. The molecule has 1 N–H and O–H groups in total. The van der Waals surface area contributed by atoms with Crippen molar-refractivity contribution in [3.8, 4) is 5.75 Å². The molecule has 1 unspecified atom stereocenters. The largest absolute Gasteiger partial charge is 0.495 e. The predicted molar refractivity (Wildman–Crippen MR) is 73.4 cm³/mol. The van der Waals surface area contributed by atoms with E-state index in [1.54, 1.807) is 20.8 Å². The molecular formula is C14H20F2N2O3. The molecule has 1 rings (SSSR count). The Morgan fingerprint density at radius 3 is 2.57 bits per heavy atom. The lowest BCUT2D eigenvalue weighted by Crippen LogP contribution is -2.35. The molecule has 1 atom stereocenters. The van der Waals surface area contributed by atoms with Crippen LogP contribution in [0.3, 0.4) is 0 Å². The highest BCUT2D eigenvalue weighted by molar-refractivity contribution is 5.72. The molecule has 21 heavy (non-hydrogen) atoms. The van der Waals surface area contributed by atoms with Gasteiger partial charge in [0.05, 0.1) is 25.9 Å². The first kappa shape index (κ1) is 17.3. The molecule has 0 fully saturated rings. The van der Waals surface area contributed by atoms with E-state index in [0.29, 0.717) is 5.75 Å². The van der Waals surface area contributed by atoms with Gasteiger partial charge in [0.1, 0.15) is 11.4 Å². The van der Waals surface area contributed by atoms with Gasteiger partial charge in [0, 0.05) is 6.20 Å². The second-order valence-electron chi connectivity index (χ2n) is 5.44. The van der Waals surface area contributed by atoms with Gasteiger partial charge in [-0.1, -0.05) is 0 Å². The summed E-state index contributed by atoms with van der Waals surface area (Å²) in [5, 5.41) is 2.49. The number of ether oxygens (including phenoxy) is 2. The lowest BCUT2D eigenvalue weighted by atomic mass is 10.1. The quantitative estimate of drug-likeness (QED) is 0.817. The van der Waals surface area contributed by atoms with Crippen LogP contribution in [0.5, 0.6) is 5.75 Å². The normalized spacial score (nSPS) is 13.1. The van der Waals surface area contributed by atoms with Crippen LogP contribution in [-0.4, -0.2) is 36.6 Å². The molecule has 1 heterocycles. The maximum absolute atomic E-state index is 13.1. The van der Waals surface area contributed by atoms with Crippen LogP contribution >= 0.6 is 0 Å². The van der Waals surface area contributed by atoms with Gasteiger partial charge in [-0.15, -0.1) is 0 Å². The summed E-state index contributed by atoms with van der Waals surface area (Å²) in [6.07, 6.45) is 0.0303. The molecule has 118 valence electrons. The number of hydrogen-bond acceptors (Lipinski definition) is 5. The Labute approximate surface area is 122 Å².